The van der Waals surface area contributed by atoms with Crippen molar-refractivity contribution in [2.24, 2.45) is 10.9 Å². The van der Waals surface area contributed by atoms with Gasteiger partial charge in [-0.2, -0.15) is 0 Å². The summed E-state index contributed by atoms with van der Waals surface area (Å²) < 4.78 is 17.6. The monoisotopic (exact) mass is 153 g/mol. The summed E-state index contributed by atoms with van der Waals surface area (Å²) in [5.74, 6) is 0. The van der Waals surface area contributed by atoms with Crippen molar-refractivity contribution in [3.8, 4) is 0 Å². The highest BCUT2D eigenvalue weighted by atomic mass is 32.2. The SMILES string of the molecule is CCC(C)N.NS(=O)[O-]. The van der Waals surface area contributed by atoms with E-state index in [-0.39, 0.29) is 0 Å². The van der Waals surface area contributed by atoms with Crippen molar-refractivity contribution in [3.05, 3.63) is 0 Å². The molecule has 0 fully saturated rings. The maximum atomic E-state index is 8.78. The van der Waals surface area contributed by atoms with Gasteiger partial charge in [0.05, 0.1) is 0 Å². The van der Waals surface area contributed by atoms with Crippen molar-refractivity contribution >= 4 is 11.3 Å². The maximum Gasteiger partial charge on any atom is 0.0152 e. The molecule has 2 atom stereocenters. The fraction of sp³-hybridized carbons (Fsp3) is 1.00. The summed E-state index contributed by atoms with van der Waals surface area (Å²) in [5.41, 5.74) is 5.29. The van der Waals surface area contributed by atoms with Gasteiger partial charge < -0.3 is 10.3 Å². The summed E-state index contributed by atoms with van der Waals surface area (Å²) in [6, 6.07) is 0.384. The quantitative estimate of drug-likeness (QED) is 0.496. The molecular weight excluding hydrogens is 140 g/mol. The number of hydrogen-bond donors (Lipinski definition) is 2. The molecule has 0 aliphatic rings. The lowest BCUT2D eigenvalue weighted by molar-refractivity contribution is 0.539. The van der Waals surface area contributed by atoms with E-state index in [1.807, 2.05) is 6.92 Å². The van der Waals surface area contributed by atoms with Crippen LogP contribution in [0.2, 0.25) is 0 Å². The van der Waals surface area contributed by atoms with E-state index >= 15 is 0 Å². The highest BCUT2D eigenvalue weighted by Crippen LogP contribution is 1.77. The Bertz CT molecular complexity index is 73.0. The van der Waals surface area contributed by atoms with Crippen LogP contribution in [0, 0.1) is 0 Å². The summed E-state index contributed by atoms with van der Waals surface area (Å²) in [6.07, 6.45) is 1.08. The molecule has 0 aliphatic heterocycles. The molecule has 0 aromatic carbocycles. The first-order valence-electron chi connectivity index (χ1n) is 2.60. The first-order chi connectivity index (χ1) is 4.00. The predicted octanol–water partition coefficient (Wildman–Crippen LogP) is -0.517. The second-order valence-electron chi connectivity index (χ2n) is 1.65. The first kappa shape index (κ1) is 11.8. The van der Waals surface area contributed by atoms with Crippen molar-refractivity contribution in [3.63, 3.8) is 0 Å². The lowest BCUT2D eigenvalue weighted by Gasteiger charge is -1.91. The average molecular weight is 153 g/mol. The van der Waals surface area contributed by atoms with Crippen molar-refractivity contribution in [2.75, 3.05) is 0 Å². The Morgan fingerprint density at radius 1 is 1.78 bits per heavy atom. The van der Waals surface area contributed by atoms with Crippen LogP contribution in [-0.2, 0) is 11.3 Å². The molecule has 0 aromatic heterocycles. The second kappa shape index (κ2) is 8.03. The van der Waals surface area contributed by atoms with E-state index in [1.54, 1.807) is 0 Å². The third-order valence-electron chi connectivity index (χ3n) is 0.644. The van der Waals surface area contributed by atoms with E-state index in [4.69, 9.17) is 14.5 Å². The average Bonchev–Trinajstić information content (AvgIpc) is 1.65. The molecule has 0 spiro atoms. The van der Waals surface area contributed by atoms with Gasteiger partial charge in [0, 0.05) is 17.3 Å². The van der Waals surface area contributed by atoms with E-state index in [1.165, 1.54) is 0 Å². The minimum Gasteiger partial charge on any atom is -0.760 e. The molecule has 0 aliphatic carbocycles. The van der Waals surface area contributed by atoms with Gasteiger partial charge in [-0.1, -0.05) is 6.92 Å². The predicted molar refractivity (Wildman–Crippen MR) is 37.0 cm³/mol. The van der Waals surface area contributed by atoms with Gasteiger partial charge in [0.1, 0.15) is 0 Å². The Hall–Kier alpha value is 0.0300. The fourth-order valence-corrected chi connectivity index (χ4v) is 0. The van der Waals surface area contributed by atoms with E-state index in [0.717, 1.165) is 6.42 Å². The third kappa shape index (κ3) is 70.9. The van der Waals surface area contributed by atoms with Crippen molar-refractivity contribution in [1.82, 2.24) is 0 Å². The highest BCUT2D eigenvalue weighted by molar-refractivity contribution is 7.76. The lowest BCUT2D eigenvalue weighted by Crippen LogP contribution is -2.11. The van der Waals surface area contributed by atoms with Crippen molar-refractivity contribution < 1.29 is 8.76 Å². The summed E-state index contributed by atoms with van der Waals surface area (Å²) in [7, 11) is 0. The van der Waals surface area contributed by atoms with Crippen molar-refractivity contribution in [1.29, 1.82) is 0 Å². The fourth-order valence-electron chi connectivity index (χ4n) is 0. The van der Waals surface area contributed by atoms with Gasteiger partial charge in [0.2, 0.25) is 0 Å². The zero-order valence-electron chi connectivity index (χ0n) is 5.66. The molecule has 5 heteroatoms. The molecule has 0 saturated carbocycles. The zero-order valence-corrected chi connectivity index (χ0v) is 6.48. The largest absolute Gasteiger partial charge is 0.760 e. The molecular formula is C4H13N2O2S-. The van der Waals surface area contributed by atoms with Gasteiger partial charge in [-0.05, 0) is 13.3 Å². The van der Waals surface area contributed by atoms with Crippen LogP contribution in [0.15, 0.2) is 0 Å². The number of rotatable bonds is 1. The van der Waals surface area contributed by atoms with Crippen LogP contribution in [0.3, 0.4) is 0 Å². The summed E-state index contributed by atoms with van der Waals surface area (Å²) in [6.45, 7) is 4.07. The molecule has 0 heterocycles. The summed E-state index contributed by atoms with van der Waals surface area (Å²) in [5, 5.41) is 4.03. The maximum absolute atomic E-state index is 8.78. The van der Waals surface area contributed by atoms with Crippen LogP contribution in [0.5, 0.6) is 0 Å². The topological polar surface area (TPSA) is 92.2 Å². The highest BCUT2D eigenvalue weighted by Gasteiger charge is 1.79. The third-order valence-corrected chi connectivity index (χ3v) is 0.644. The Morgan fingerprint density at radius 2 is 1.89 bits per heavy atom. The molecule has 0 bridgehead atoms. The molecule has 0 saturated heterocycles. The number of nitrogens with two attached hydrogens (primary N) is 2. The minimum atomic E-state index is -2.36. The Morgan fingerprint density at radius 3 is 1.89 bits per heavy atom. The smallest absolute Gasteiger partial charge is 0.0152 e. The molecule has 4 nitrogen and oxygen atoms in total. The Labute approximate surface area is 58.0 Å². The molecule has 58 valence electrons. The standard InChI is InChI=1S/C4H11N.H3NO2S/c1-3-4(2)5;1-4(2)3/h4H,3,5H2,1-2H3;1H2,(H,2,3)/p-1. The van der Waals surface area contributed by atoms with E-state index in [2.05, 4.69) is 12.1 Å². The Balaban J connectivity index is 0. The van der Waals surface area contributed by atoms with Gasteiger partial charge in [-0.25, -0.2) is 0 Å². The molecule has 2 unspecified atom stereocenters. The Kier molecular flexibility index (Phi) is 10.5. The molecule has 0 rings (SSSR count). The first-order valence-corrected chi connectivity index (χ1v) is 3.73. The minimum absolute atomic E-state index is 0.384. The van der Waals surface area contributed by atoms with Gasteiger partial charge in [0.25, 0.3) is 0 Å². The molecule has 0 radical (unpaired) electrons. The normalized spacial score (nSPS) is 15.2. The molecule has 9 heavy (non-hydrogen) atoms. The van der Waals surface area contributed by atoms with Crippen molar-refractivity contribution in [2.45, 2.75) is 26.3 Å². The van der Waals surface area contributed by atoms with Crippen LogP contribution in [0.4, 0.5) is 0 Å². The van der Waals surface area contributed by atoms with E-state index < -0.39 is 11.3 Å². The lowest BCUT2D eigenvalue weighted by atomic mass is 10.3. The van der Waals surface area contributed by atoms with Crippen LogP contribution in [0.1, 0.15) is 20.3 Å². The summed E-state index contributed by atoms with van der Waals surface area (Å²) in [4.78, 5) is 0. The molecule has 4 N–H and O–H groups in total. The van der Waals surface area contributed by atoms with Crippen LogP contribution >= 0.6 is 0 Å². The molecule has 0 amide bonds. The summed E-state index contributed by atoms with van der Waals surface area (Å²) >= 11 is -2.36. The van der Waals surface area contributed by atoms with Crippen LogP contribution in [-0.4, -0.2) is 14.8 Å². The van der Waals surface area contributed by atoms with Crippen LogP contribution in [0.25, 0.3) is 0 Å². The van der Waals surface area contributed by atoms with E-state index in [0.29, 0.717) is 6.04 Å². The molecule has 0 aromatic rings. The van der Waals surface area contributed by atoms with Crippen LogP contribution < -0.4 is 10.9 Å². The van der Waals surface area contributed by atoms with Gasteiger partial charge in [-0.15, -0.1) is 0 Å². The second-order valence-corrected chi connectivity index (χ2v) is 2.17. The van der Waals surface area contributed by atoms with Gasteiger partial charge in [0.15, 0.2) is 0 Å². The van der Waals surface area contributed by atoms with Gasteiger partial charge in [-0.3, -0.25) is 9.35 Å². The zero-order chi connectivity index (χ0) is 7.86. The van der Waals surface area contributed by atoms with E-state index in [9.17, 15) is 0 Å². The number of hydrogen-bond acceptors (Lipinski definition) is 3. The van der Waals surface area contributed by atoms with Gasteiger partial charge >= 0.3 is 0 Å².